The molecule has 2 aliphatic heterocycles. The molecule has 2 aliphatic rings. The van der Waals surface area contributed by atoms with Gasteiger partial charge in [-0.05, 0) is 57.2 Å². The second-order valence-electron chi connectivity index (χ2n) is 10.9. The Hall–Kier alpha value is -4.36. The van der Waals surface area contributed by atoms with E-state index in [1.54, 1.807) is 31.0 Å². The molecule has 0 aliphatic carbocycles. The quantitative estimate of drug-likeness (QED) is 0.327. The Morgan fingerprint density at radius 3 is 1.98 bits per heavy atom. The molecule has 0 bridgehead atoms. The Morgan fingerprint density at radius 1 is 0.837 bits per heavy atom. The molecule has 226 valence electrons. The number of aromatic nitrogens is 8. The lowest BCUT2D eigenvalue weighted by Crippen LogP contribution is -2.25. The van der Waals surface area contributed by atoms with E-state index in [0.717, 1.165) is 63.4 Å². The fourth-order valence-electron chi connectivity index (χ4n) is 5.66. The summed E-state index contributed by atoms with van der Waals surface area (Å²) in [5.41, 5.74) is 2.20. The van der Waals surface area contributed by atoms with Crippen molar-refractivity contribution in [2.24, 2.45) is 0 Å². The minimum absolute atomic E-state index is 0.0540. The van der Waals surface area contributed by atoms with Crippen molar-refractivity contribution < 1.29 is 14.2 Å². The zero-order chi connectivity index (χ0) is 29.9. The molecule has 2 fully saturated rings. The minimum Gasteiger partial charge on any atom is -0.497 e. The Labute approximate surface area is 247 Å². The Bertz CT molecular complexity index is 1830. The van der Waals surface area contributed by atoms with Crippen LogP contribution >= 0.6 is 0 Å². The molecular formula is C30H36N8O5. The van der Waals surface area contributed by atoms with Crippen molar-refractivity contribution in [3.05, 3.63) is 74.6 Å². The van der Waals surface area contributed by atoms with Crippen LogP contribution in [-0.2, 0) is 16.0 Å². The van der Waals surface area contributed by atoms with Crippen LogP contribution in [0.5, 0.6) is 5.75 Å². The highest BCUT2D eigenvalue weighted by atomic mass is 16.5. The van der Waals surface area contributed by atoms with Crippen LogP contribution in [0.2, 0.25) is 0 Å². The van der Waals surface area contributed by atoms with Gasteiger partial charge in [0.15, 0.2) is 11.3 Å². The molecule has 7 rings (SSSR count). The van der Waals surface area contributed by atoms with E-state index in [2.05, 4.69) is 20.2 Å². The largest absolute Gasteiger partial charge is 0.497 e. The third kappa shape index (κ3) is 5.95. The molecule has 0 amide bonds. The van der Waals surface area contributed by atoms with Gasteiger partial charge >= 0.3 is 0 Å². The number of nitrogens with zero attached hydrogens (tertiary/aromatic N) is 7. The topological polar surface area (TPSA) is 144 Å². The Morgan fingerprint density at radius 2 is 1.40 bits per heavy atom. The molecule has 1 N–H and O–H groups in total. The van der Waals surface area contributed by atoms with Crippen LogP contribution in [0, 0.1) is 13.8 Å². The van der Waals surface area contributed by atoms with E-state index >= 15 is 0 Å². The molecule has 0 atom stereocenters. The number of aryl methyl sites for hydroxylation is 2. The van der Waals surface area contributed by atoms with Gasteiger partial charge in [-0.1, -0.05) is 12.1 Å². The SMILES string of the molecule is COc1ccc(Cn2c(C)nc3c(cnn3C3CCOCC3)c2=O)cc1.Cc1nc2c(cnn2C2CCOCC2)c(=O)[nH]1. The molecule has 4 aromatic heterocycles. The number of hydrogen-bond donors (Lipinski definition) is 1. The molecule has 5 aromatic rings. The maximum Gasteiger partial charge on any atom is 0.264 e. The van der Waals surface area contributed by atoms with Crippen LogP contribution in [0.25, 0.3) is 22.1 Å². The van der Waals surface area contributed by atoms with Crippen LogP contribution in [-0.4, -0.2) is 72.6 Å². The molecule has 0 saturated carbocycles. The van der Waals surface area contributed by atoms with E-state index in [1.807, 2.05) is 40.6 Å². The normalized spacial score (nSPS) is 16.3. The van der Waals surface area contributed by atoms with Crippen molar-refractivity contribution in [2.45, 2.75) is 58.2 Å². The molecule has 13 nitrogen and oxygen atoms in total. The lowest BCUT2D eigenvalue weighted by atomic mass is 10.1. The number of aromatic amines is 1. The zero-order valence-electron chi connectivity index (χ0n) is 24.7. The second-order valence-corrected chi connectivity index (χ2v) is 10.9. The lowest BCUT2D eigenvalue weighted by molar-refractivity contribution is 0.0672. The van der Waals surface area contributed by atoms with Crippen molar-refractivity contribution >= 4 is 22.1 Å². The van der Waals surface area contributed by atoms with E-state index in [4.69, 9.17) is 19.2 Å². The van der Waals surface area contributed by atoms with Gasteiger partial charge in [0.2, 0.25) is 0 Å². The van der Waals surface area contributed by atoms with Crippen LogP contribution in [0.4, 0.5) is 0 Å². The van der Waals surface area contributed by atoms with Gasteiger partial charge in [0.05, 0.1) is 38.1 Å². The van der Waals surface area contributed by atoms with Crippen molar-refractivity contribution in [1.29, 1.82) is 0 Å². The van der Waals surface area contributed by atoms with Crippen molar-refractivity contribution in [3.8, 4) is 5.75 Å². The molecule has 0 radical (unpaired) electrons. The first-order valence-corrected chi connectivity index (χ1v) is 14.6. The number of hydrogen-bond acceptors (Lipinski definition) is 9. The lowest BCUT2D eigenvalue weighted by Gasteiger charge is -2.22. The average molecular weight is 589 g/mol. The summed E-state index contributed by atoms with van der Waals surface area (Å²) in [6.07, 6.45) is 6.87. The summed E-state index contributed by atoms with van der Waals surface area (Å²) in [4.78, 5) is 36.5. The standard InChI is InChI=1S/C19H22N4O3.C11H14N4O2/c1-13-21-18-17(11-20-23(18)15-7-9-26-10-8-15)19(24)22(13)12-14-3-5-16(25-2)6-4-14;1-7-13-10-9(11(16)14-7)6-12-15(10)8-2-4-17-5-3-8/h3-6,11,15H,7-10,12H2,1-2H3;6,8H,2-5H2,1H3,(H,13,14,16). The molecular weight excluding hydrogens is 552 g/mol. The fourth-order valence-corrected chi connectivity index (χ4v) is 5.66. The number of methoxy groups -OCH3 is 1. The molecule has 6 heterocycles. The Kier molecular flexibility index (Phi) is 8.34. The van der Waals surface area contributed by atoms with Crippen molar-refractivity contribution in [2.75, 3.05) is 33.5 Å². The smallest absolute Gasteiger partial charge is 0.264 e. The van der Waals surface area contributed by atoms with Gasteiger partial charge in [0.1, 0.15) is 28.2 Å². The summed E-state index contributed by atoms with van der Waals surface area (Å²) < 4.78 is 21.4. The van der Waals surface area contributed by atoms with E-state index in [1.165, 1.54) is 0 Å². The van der Waals surface area contributed by atoms with Gasteiger partial charge in [0, 0.05) is 26.4 Å². The molecule has 2 saturated heterocycles. The van der Waals surface area contributed by atoms with Gasteiger partial charge < -0.3 is 19.2 Å². The van der Waals surface area contributed by atoms with E-state index in [-0.39, 0.29) is 23.2 Å². The zero-order valence-corrected chi connectivity index (χ0v) is 24.7. The predicted molar refractivity (Wildman–Crippen MR) is 160 cm³/mol. The van der Waals surface area contributed by atoms with Crippen molar-refractivity contribution in [3.63, 3.8) is 0 Å². The summed E-state index contributed by atoms with van der Waals surface area (Å²) in [7, 11) is 1.64. The first-order chi connectivity index (χ1) is 20.9. The second kappa shape index (κ2) is 12.5. The van der Waals surface area contributed by atoms with Crippen LogP contribution < -0.4 is 15.9 Å². The van der Waals surface area contributed by atoms with Crippen molar-refractivity contribution in [1.82, 2.24) is 39.1 Å². The van der Waals surface area contributed by atoms with E-state index in [9.17, 15) is 9.59 Å². The van der Waals surface area contributed by atoms with Crippen LogP contribution in [0.1, 0.15) is 55.0 Å². The number of nitrogens with one attached hydrogen (secondary N) is 1. The predicted octanol–water partition coefficient (Wildman–Crippen LogP) is 3.09. The summed E-state index contributed by atoms with van der Waals surface area (Å²) in [6.45, 7) is 7.05. The number of benzene rings is 1. The first-order valence-electron chi connectivity index (χ1n) is 14.6. The highest BCUT2D eigenvalue weighted by molar-refractivity contribution is 5.74. The maximum absolute atomic E-state index is 13.0. The summed E-state index contributed by atoms with van der Waals surface area (Å²) in [5, 5.41) is 9.88. The first kappa shape index (κ1) is 28.7. The maximum atomic E-state index is 13.0. The van der Waals surface area contributed by atoms with Gasteiger partial charge in [-0.3, -0.25) is 14.2 Å². The van der Waals surface area contributed by atoms with E-state index < -0.39 is 0 Å². The number of H-pyrrole nitrogens is 1. The highest BCUT2D eigenvalue weighted by Crippen LogP contribution is 2.24. The number of rotatable bonds is 5. The minimum atomic E-state index is -0.120. The number of fused-ring (bicyclic) bond motifs is 2. The number of ether oxygens (including phenoxy) is 3. The van der Waals surface area contributed by atoms with Crippen LogP contribution in [0.15, 0.2) is 46.2 Å². The summed E-state index contributed by atoms with van der Waals surface area (Å²) in [6, 6.07) is 8.23. The van der Waals surface area contributed by atoms with E-state index in [0.29, 0.717) is 40.3 Å². The summed E-state index contributed by atoms with van der Waals surface area (Å²) >= 11 is 0. The molecule has 13 heteroatoms. The summed E-state index contributed by atoms with van der Waals surface area (Å²) in [5.74, 6) is 2.10. The molecule has 1 aromatic carbocycles. The third-order valence-corrected chi connectivity index (χ3v) is 8.06. The molecule has 0 spiro atoms. The van der Waals surface area contributed by atoms with Gasteiger partial charge in [-0.25, -0.2) is 19.3 Å². The monoisotopic (exact) mass is 588 g/mol. The third-order valence-electron chi connectivity index (χ3n) is 8.06. The van der Waals surface area contributed by atoms with Crippen LogP contribution in [0.3, 0.4) is 0 Å². The van der Waals surface area contributed by atoms with Gasteiger partial charge in [0.25, 0.3) is 11.1 Å². The fraction of sp³-hybridized carbons (Fsp3) is 0.467. The molecule has 43 heavy (non-hydrogen) atoms. The Balaban J connectivity index is 0.000000167. The van der Waals surface area contributed by atoms with Gasteiger partial charge in [-0.2, -0.15) is 10.2 Å². The van der Waals surface area contributed by atoms with Gasteiger partial charge in [-0.15, -0.1) is 0 Å². The average Bonchev–Trinajstić information content (AvgIpc) is 3.66. The highest BCUT2D eigenvalue weighted by Gasteiger charge is 2.22. The molecule has 0 unspecified atom stereocenters.